The number of likely N-dealkylation sites (tertiary alicyclic amines) is 1. The lowest BCUT2D eigenvalue weighted by Gasteiger charge is -2.42. The van der Waals surface area contributed by atoms with Crippen LogP contribution < -0.4 is 4.90 Å². The number of carbonyl (C=O) groups is 1. The topological polar surface area (TPSA) is 23.6 Å². The molecule has 1 amide bonds. The van der Waals surface area contributed by atoms with Crippen LogP contribution in [0.2, 0.25) is 0 Å². The molecule has 0 saturated carbocycles. The molecular weight excluding hydrogens is 320 g/mol. The number of benzene rings is 2. The van der Waals surface area contributed by atoms with E-state index in [0.29, 0.717) is 18.5 Å². The number of carbonyl (C=O) groups excluding carboxylic acids is 1. The molecular formula is C23H30N2O. The molecule has 3 nitrogen and oxygen atoms in total. The van der Waals surface area contributed by atoms with Crippen LogP contribution >= 0.6 is 0 Å². The first-order chi connectivity index (χ1) is 12.7. The second-order valence-electron chi connectivity index (χ2n) is 7.25. The molecule has 26 heavy (non-hydrogen) atoms. The second-order valence-corrected chi connectivity index (χ2v) is 7.25. The van der Waals surface area contributed by atoms with Crippen molar-refractivity contribution < 1.29 is 4.79 Å². The molecule has 2 atom stereocenters. The van der Waals surface area contributed by atoms with Crippen molar-refractivity contribution in [2.24, 2.45) is 0 Å². The van der Waals surface area contributed by atoms with Crippen LogP contribution in [0.1, 0.15) is 38.7 Å². The van der Waals surface area contributed by atoms with Crippen molar-refractivity contribution >= 4 is 11.6 Å². The largest absolute Gasteiger partial charge is 0.309 e. The maximum atomic E-state index is 12.6. The highest BCUT2D eigenvalue weighted by Crippen LogP contribution is 2.27. The Kier molecular flexibility index (Phi) is 6.45. The molecule has 0 radical (unpaired) electrons. The Balaban J connectivity index is 1.63. The molecule has 0 aliphatic carbocycles. The fourth-order valence-electron chi connectivity index (χ4n) is 4.00. The zero-order valence-corrected chi connectivity index (χ0v) is 16.0. The van der Waals surface area contributed by atoms with Gasteiger partial charge < -0.3 is 9.80 Å². The first kappa shape index (κ1) is 18.7. The van der Waals surface area contributed by atoms with Gasteiger partial charge in [0.1, 0.15) is 0 Å². The number of amides is 1. The highest BCUT2D eigenvalue weighted by Gasteiger charge is 2.31. The fraction of sp³-hybridized carbons (Fsp3) is 0.435. The van der Waals surface area contributed by atoms with Crippen LogP contribution in [0.4, 0.5) is 5.69 Å². The molecule has 1 heterocycles. The number of piperidine rings is 1. The summed E-state index contributed by atoms with van der Waals surface area (Å²) in [4.78, 5) is 17.2. The fourth-order valence-corrected chi connectivity index (χ4v) is 4.00. The van der Waals surface area contributed by atoms with Crippen LogP contribution in [0.15, 0.2) is 60.7 Å². The summed E-state index contributed by atoms with van der Waals surface area (Å²) < 4.78 is 0. The molecule has 3 rings (SSSR count). The molecule has 1 aliphatic rings. The minimum atomic E-state index is 0.228. The predicted molar refractivity (Wildman–Crippen MR) is 108 cm³/mol. The summed E-state index contributed by atoms with van der Waals surface area (Å²) in [5.41, 5.74) is 2.43. The number of hydrogen-bond donors (Lipinski definition) is 0. The second kappa shape index (κ2) is 9.00. The summed E-state index contributed by atoms with van der Waals surface area (Å²) in [6.45, 7) is 6.40. The number of nitrogens with zero attached hydrogens (tertiary/aromatic N) is 2. The molecule has 0 aromatic heterocycles. The summed E-state index contributed by atoms with van der Waals surface area (Å²) in [5.74, 6) is 0.228. The van der Waals surface area contributed by atoms with Crippen molar-refractivity contribution in [2.75, 3.05) is 18.0 Å². The van der Waals surface area contributed by atoms with Crippen LogP contribution in [-0.2, 0) is 11.2 Å². The van der Waals surface area contributed by atoms with Crippen LogP contribution in [0, 0.1) is 0 Å². The van der Waals surface area contributed by atoms with Gasteiger partial charge >= 0.3 is 0 Å². The highest BCUT2D eigenvalue weighted by atomic mass is 16.2. The van der Waals surface area contributed by atoms with Crippen molar-refractivity contribution in [2.45, 2.75) is 51.6 Å². The van der Waals surface area contributed by atoms with E-state index < -0.39 is 0 Å². The molecule has 0 N–H and O–H groups in total. The normalized spacial score (nSPS) is 20.7. The first-order valence-corrected chi connectivity index (χ1v) is 9.84. The average Bonchev–Trinajstić information content (AvgIpc) is 2.69. The van der Waals surface area contributed by atoms with Gasteiger partial charge in [0.25, 0.3) is 0 Å². The number of para-hydroxylation sites is 1. The summed E-state index contributed by atoms with van der Waals surface area (Å²) in [6, 6.07) is 21.6. The summed E-state index contributed by atoms with van der Waals surface area (Å²) in [5, 5.41) is 0. The summed E-state index contributed by atoms with van der Waals surface area (Å²) in [7, 11) is 0. The summed E-state index contributed by atoms with van der Waals surface area (Å²) >= 11 is 0. The van der Waals surface area contributed by atoms with Gasteiger partial charge in [0.05, 0.1) is 0 Å². The van der Waals surface area contributed by atoms with Gasteiger partial charge in [0.2, 0.25) is 5.91 Å². The molecule has 1 fully saturated rings. The standard InChI is InChI=1S/C23H30N2O/c1-3-23(26)25(21-12-8-5-9-13-21)22-15-17-24(19(2)18-22)16-14-20-10-6-4-7-11-20/h4-13,19,22H,3,14-18H2,1-2H3. The van der Waals surface area contributed by atoms with E-state index in [1.165, 1.54) is 5.56 Å². The van der Waals surface area contributed by atoms with E-state index in [1.807, 2.05) is 30.0 Å². The van der Waals surface area contributed by atoms with Gasteiger partial charge in [-0.15, -0.1) is 0 Å². The van der Waals surface area contributed by atoms with Crippen LogP contribution in [0.25, 0.3) is 0 Å². The number of hydrogen-bond acceptors (Lipinski definition) is 2. The Morgan fingerprint density at radius 2 is 1.73 bits per heavy atom. The van der Waals surface area contributed by atoms with E-state index in [2.05, 4.69) is 54.3 Å². The van der Waals surface area contributed by atoms with Gasteiger partial charge in [-0.2, -0.15) is 0 Å². The van der Waals surface area contributed by atoms with E-state index in [4.69, 9.17) is 0 Å². The van der Waals surface area contributed by atoms with E-state index in [-0.39, 0.29) is 5.91 Å². The summed E-state index contributed by atoms with van der Waals surface area (Å²) in [6.07, 6.45) is 3.72. The SMILES string of the molecule is CCC(=O)N(c1ccccc1)C1CCN(CCc2ccccc2)C(C)C1. The van der Waals surface area contributed by atoms with Gasteiger partial charge in [-0.25, -0.2) is 0 Å². The van der Waals surface area contributed by atoms with Crippen molar-refractivity contribution in [3.8, 4) is 0 Å². The quantitative estimate of drug-likeness (QED) is 0.764. The van der Waals surface area contributed by atoms with Crippen LogP contribution in [0.5, 0.6) is 0 Å². The van der Waals surface area contributed by atoms with Gasteiger partial charge in [0.15, 0.2) is 0 Å². The minimum absolute atomic E-state index is 0.228. The molecule has 1 saturated heterocycles. The monoisotopic (exact) mass is 350 g/mol. The lowest BCUT2D eigenvalue weighted by atomic mass is 9.95. The van der Waals surface area contributed by atoms with E-state index in [0.717, 1.165) is 38.0 Å². The van der Waals surface area contributed by atoms with Gasteiger partial charge in [-0.1, -0.05) is 55.5 Å². The number of anilines is 1. The zero-order valence-electron chi connectivity index (χ0n) is 16.0. The molecule has 2 aromatic rings. The van der Waals surface area contributed by atoms with E-state index >= 15 is 0 Å². The molecule has 2 aromatic carbocycles. The highest BCUT2D eigenvalue weighted by molar-refractivity contribution is 5.93. The molecule has 0 spiro atoms. The minimum Gasteiger partial charge on any atom is -0.309 e. The van der Waals surface area contributed by atoms with E-state index in [9.17, 15) is 4.79 Å². The third kappa shape index (κ3) is 4.53. The molecule has 2 unspecified atom stereocenters. The van der Waals surface area contributed by atoms with Crippen molar-refractivity contribution in [1.29, 1.82) is 0 Å². The molecule has 138 valence electrons. The zero-order chi connectivity index (χ0) is 18.4. The maximum Gasteiger partial charge on any atom is 0.226 e. The van der Waals surface area contributed by atoms with E-state index in [1.54, 1.807) is 0 Å². The Hall–Kier alpha value is -2.13. The third-order valence-electron chi connectivity index (χ3n) is 5.49. The van der Waals surface area contributed by atoms with Crippen LogP contribution in [-0.4, -0.2) is 36.0 Å². The maximum absolute atomic E-state index is 12.6. The lowest BCUT2D eigenvalue weighted by molar-refractivity contribution is -0.119. The van der Waals surface area contributed by atoms with Crippen molar-refractivity contribution in [3.63, 3.8) is 0 Å². The van der Waals surface area contributed by atoms with Gasteiger partial charge in [-0.05, 0) is 43.9 Å². The lowest BCUT2D eigenvalue weighted by Crippen LogP contribution is -2.51. The van der Waals surface area contributed by atoms with Crippen molar-refractivity contribution in [1.82, 2.24) is 4.90 Å². The molecule has 1 aliphatic heterocycles. The Morgan fingerprint density at radius 1 is 1.08 bits per heavy atom. The van der Waals surface area contributed by atoms with Gasteiger partial charge in [-0.3, -0.25) is 4.79 Å². The third-order valence-corrected chi connectivity index (χ3v) is 5.49. The van der Waals surface area contributed by atoms with Crippen LogP contribution in [0.3, 0.4) is 0 Å². The Labute approximate surface area is 157 Å². The van der Waals surface area contributed by atoms with Gasteiger partial charge in [0, 0.05) is 37.3 Å². The first-order valence-electron chi connectivity index (χ1n) is 9.84. The smallest absolute Gasteiger partial charge is 0.226 e. The predicted octanol–water partition coefficient (Wildman–Crippen LogP) is 4.53. The number of rotatable bonds is 6. The Bertz CT molecular complexity index is 686. The molecule has 0 bridgehead atoms. The Morgan fingerprint density at radius 3 is 2.35 bits per heavy atom. The average molecular weight is 351 g/mol. The molecule has 3 heteroatoms. The van der Waals surface area contributed by atoms with Crippen molar-refractivity contribution in [3.05, 3.63) is 66.2 Å².